The van der Waals surface area contributed by atoms with Gasteiger partial charge in [-0.25, -0.2) is 4.98 Å². The Labute approximate surface area is 187 Å². The molecule has 0 spiro atoms. The molecule has 2 aromatic carbocycles. The monoisotopic (exact) mass is 441 g/mol. The molecule has 4 rings (SSSR count). The Hall–Kier alpha value is -2.27. The number of rotatable bonds is 6. The Kier molecular flexibility index (Phi) is 6.78. The first-order valence-corrected chi connectivity index (χ1v) is 11.0. The molecule has 0 amide bonds. The summed E-state index contributed by atoms with van der Waals surface area (Å²) in [6.07, 6.45) is 5.92. The second-order valence-electron chi connectivity index (χ2n) is 7.75. The number of nitrogens with one attached hydrogen (secondary N) is 1. The van der Waals surface area contributed by atoms with Crippen LogP contribution in [0.15, 0.2) is 60.8 Å². The van der Waals surface area contributed by atoms with Crippen molar-refractivity contribution in [3.8, 4) is 16.9 Å². The molecule has 0 aliphatic heterocycles. The molecule has 1 aliphatic carbocycles. The number of hydrogen-bond donors (Lipinski definition) is 2. The molecule has 30 heavy (non-hydrogen) atoms. The summed E-state index contributed by atoms with van der Waals surface area (Å²) in [5, 5.41) is 4.85. The second-order valence-corrected chi connectivity index (χ2v) is 8.60. The Bertz CT molecular complexity index is 1000. The lowest BCUT2D eigenvalue weighted by Crippen LogP contribution is -2.33. The van der Waals surface area contributed by atoms with E-state index in [2.05, 4.69) is 10.3 Å². The summed E-state index contributed by atoms with van der Waals surface area (Å²) in [4.78, 5) is 4.47. The van der Waals surface area contributed by atoms with E-state index >= 15 is 0 Å². The number of ether oxygens (including phenoxy) is 1. The van der Waals surface area contributed by atoms with E-state index in [-0.39, 0.29) is 0 Å². The maximum atomic E-state index is 6.47. The van der Waals surface area contributed by atoms with E-state index in [0.717, 1.165) is 53.9 Å². The quantitative estimate of drug-likeness (QED) is 0.469. The molecule has 3 aromatic rings. The van der Waals surface area contributed by atoms with E-state index in [1.165, 1.54) is 0 Å². The van der Waals surface area contributed by atoms with Gasteiger partial charge in [-0.2, -0.15) is 0 Å². The Morgan fingerprint density at radius 3 is 2.60 bits per heavy atom. The van der Waals surface area contributed by atoms with Crippen LogP contribution in [0, 0.1) is 0 Å². The van der Waals surface area contributed by atoms with Crippen molar-refractivity contribution in [3.63, 3.8) is 0 Å². The lowest BCUT2D eigenvalue weighted by Gasteiger charge is -2.27. The van der Waals surface area contributed by atoms with Gasteiger partial charge in [-0.15, -0.1) is 0 Å². The zero-order valence-electron chi connectivity index (χ0n) is 16.7. The first-order valence-electron chi connectivity index (χ1n) is 10.2. The van der Waals surface area contributed by atoms with Gasteiger partial charge in [-0.3, -0.25) is 0 Å². The number of nitrogens with two attached hydrogens (primary N) is 1. The largest absolute Gasteiger partial charge is 0.489 e. The first kappa shape index (κ1) is 21.0. The normalized spacial score (nSPS) is 18.8. The molecule has 156 valence electrons. The van der Waals surface area contributed by atoms with Crippen LogP contribution >= 0.6 is 23.2 Å². The molecule has 1 saturated carbocycles. The van der Waals surface area contributed by atoms with Crippen LogP contribution in [0.1, 0.15) is 31.2 Å². The summed E-state index contributed by atoms with van der Waals surface area (Å²) >= 11 is 12.5. The van der Waals surface area contributed by atoms with Crippen LogP contribution in [0.3, 0.4) is 0 Å². The standard InChI is InChI=1S/C24H25Cl2N3O/c25-18-5-1-3-16(11-18)15-30-21-6-2-4-17(12-21)22-13-24(28-14-23(22)26)29-20-9-7-19(27)8-10-20/h1-6,11-14,19-20H,7-10,15,27H2,(H,28,29)/t19-,20-. The summed E-state index contributed by atoms with van der Waals surface area (Å²) < 4.78 is 5.97. The lowest BCUT2D eigenvalue weighted by atomic mass is 9.92. The molecule has 0 bridgehead atoms. The Morgan fingerprint density at radius 2 is 1.80 bits per heavy atom. The van der Waals surface area contributed by atoms with Gasteiger partial charge in [0.2, 0.25) is 0 Å². The SMILES string of the molecule is N[C@H]1CC[C@H](Nc2cc(-c3cccc(OCc4cccc(Cl)c4)c3)c(Cl)cn2)CC1. The van der Waals surface area contributed by atoms with Crippen molar-refractivity contribution < 1.29 is 4.74 Å². The van der Waals surface area contributed by atoms with Gasteiger partial charge in [-0.1, -0.05) is 47.5 Å². The van der Waals surface area contributed by atoms with E-state index in [4.69, 9.17) is 33.7 Å². The fraction of sp³-hybridized carbons (Fsp3) is 0.292. The molecule has 0 atom stereocenters. The average molecular weight is 442 g/mol. The summed E-state index contributed by atoms with van der Waals surface area (Å²) in [5.41, 5.74) is 8.95. The topological polar surface area (TPSA) is 60.2 Å². The highest BCUT2D eigenvalue weighted by Crippen LogP contribution is 2.32. The highest BCUT2D eigenvalue weighted by molar-refractivity contribution is 6.33. The van der Waals surface area contributed by atoms with Gasteiger partial charge in [0.1, 0.15) is 18.2 Å². The highest BCUT2D eigenvalue weighted by Gasteiger charge is 2.19. The van der Waals surface area contributed by atoms with E-state index in [1.54, 1.807) is 6.20 Å². The maximum absolute atomic E-state index is 6.47. The van der Waals surface area contributed by atoms with Gasteiger partial charge in [-0.05, 0) is 67.1 Å². The van der Waals surface area contributed by atoms with Crippen LogP contribution in [0.4, 0.5) is 5.82 Å². The highest BCUT2D eigenvalue weighted by atomic mass is 35.5. The zero-order valence-corrected chi connectivity index (χ0v) is 18.2. The van der Waals surface area contributed by atoms with Crippen molar-refractivity contribution in [1.29, 1.82) is 0 Å². The minimum atomic E-state index is 0.325. The minimum absolute atomic E-state index is 0.325. The predicted molar refractivity (Wildman–Crippen MR) is 124 cm³/mol. The number of halogens is 2. The molecular weight excluding hydrogens is 417 g/mol. The summed E-state index contributed by atoms with van der Waals surface area (Å²) in [7, 11) is 0. The third-order valence-electron chi connectivity index (χ3n) is 5.42. The number of benzene rings is 2. The van der Waals surface area contributed by atoms with Gasteiger partial charge in [0.25, 0.3) is 0 Å². The number of pyridine rings is 1. The van der Waals surface area contributed by atoms with Crippen LogP contribution in [0.5, 0.6) is 5.75 Å². The number of hydrogen-bond acceptors (Lipinski definition) is 4. The number of anilines is 1. The molecule has 1 heterocycles. The second kappa shape index (κ2) is 9.69. The summed E-state index contributed by atoms with van der Waals surface area (Å²) in [5.74, 6) is 1.61. The Morgan fingerprint density at radius 1 is 1.00 bits per heavy atom. The van der Waals surface area contributed by atoms with E-state index in [0.29, 0.717) is 28.7 Å². The van der Waals surface area contributed by atoms with E-state index in [1.807, 2.05) is 54.6 Å². The van der Waals surface area contributed by atoms with Gasteiger partial charge in [0.15, 0.2) is 0 Å². The molecule has 3 N–H and O–H groups in total. The van der Waals surface area contributed by atoms with E-state index in [9.17, 15) is 0 Å². The smallest absolute Gasteiger partial charge is 0.126 e. The molecule has 1 fully saturated rings. The van der Waals surface area contributed by atoms with Crippen molar-refractivity contribution in [2.24, 2.45) is 5.73 Å². The van der Waals surface area contributed by atoms with Crippen molar-refractivity contribution in [2.75, 3.05) is 5.32 Å². The van der Waals surface area contributed by atoms with Gasteiger partial charge in [0.05, 0.1) is 5.02 Å². The molecule has 0 radical (unpaired) electrons. The first-order chi connectivity index (χ1) is 14.6. The van der Waals surface area contributed by atoms with Crippen LogP contribution in [0.25, 0.3) is 11.1 Å². The van der Waals surface area contributed by atoms with Gasteiger partial charge < -0.3 is 15.8 Å². The summed E-state index contributed by atoms with van der Waals surface area (Å²) in [6, 6.07) is 18.3. The van der Waals surface area contributed by atoms with E-state index < -0.39 is 0 Å². The van der Waals surface area contributed by atoms with Crippen LogP contribution in [0.2, 0.25) is 10.0 Å². The third kappa shape index (κ3) is 5.45. The van der Waals surface area contributed by atoms with Crippen LogP contribution in [-0.4, -0.2) is 17.1 Å². The van der Waals surface area contributed by atoms with Crippen LogP contribution in [-0.2, 0) is 6.61 Å². The fourth-order valence-corrected chi connectivity index (χ4v) is 4.18. The zero-order chi connectivity index (χ0) is 20.9. The average Bonchev–Trinajstić information content (AvgIpc) is 2.75. The van der Waals surface area contributed by atoms with Crippen molar-refractivity contribution in [3.05, 3.63) is 76.4 Å². The lowest BCUT2D eigenvalue weighted by molar-refractivity contribution is 0.306. The van der Waals surface area contributed by atoms with Gasteiger partial charge in [0, 0.05) is 28.9 Å². The van der Waals surface area contributed by atoms with Gasteiger partial charge >= 0.3 is 0 Å². The Balaban J connectivity index is 1.48. The molecule has 0 unspecified atom stereocenters. The molecule has 1 aliphatic rings. The van der Waals surface area contributed by atoms with Crippen LogP contribution < -0.4 is 15.8 Å². The molecular formula is C24H25Cl2N3O. The minimum Gasteiger partial charge on any atom is -0.489 e. The maximum Gasteiger partial charge on any atom is 0.126 e. The fourth-order valence-electron chi connectivity index (χ4n) is 3.76. The number of aromatic nitrogens is 1. The number of nitrogens with zero attached hydrogens (tertiary/aromatic N) is 1. The molecule has 4 nitrogen and oxygen atoms in total. The van der Waals surface area contributed by atoms with Crippen molar-refractivity contribution >= 4 is 29.0 Å². The van der Waals surface area contributed by atoms with Crippen molar-refractivity contribution in [2.45, 2.75) is 44.4 Å². The predicted octanol–water partition coefficient (Wildman–Crippen LogP) is 6.32. The summed E-state index contributed by atoms with van der Waals surface area (Å²) in [6.45, 7) is 0.449. The molecule has 0 saturated heterocycles. The third-order valence-corrected chi connectivity index (χ3v) is 5.96. The van der Waals surface area contributed by atoms with Crippen molar-refractivity contribution in [1.82, 2.24) is 4.98 Å². The molecule has 6 heteroatoms. The molecule has 1 aromatic heterocycles.